The van der Waals surface area contributed by atoms with Gasteiger partial charge in [0.1, 0.15) is 17.3 Å². The van der Waals surface area contributed by atoms with Crippen molar-refractivity contribution in [2.24, 2.45) is 7.05 Å². The van der Waals surface area contributed by atoms with E-state index in [2.05, 4.69) is 26.0 Å². The molecule has 2 amide bonds. The number of hydrogen-bond acceptors (Lipinski definition) is 6. The summed E-state index contributed by atoms with van der Waals surface area (Å²) in [7, 11) is 5.27. The lowest BCUT2D eigenvalue weighted by Crippen LogP contribution is -2.44. The van der Waals surface area contributed by atoms with Crippen LogP contribution >= 0.6 is 0 Å². The Morgan fingerprint density at radius 3 is 2.64 bits per heavy atom. The summed E-state index contributed by atoms with van der Waals surface area (Å²) in [4.78, 5) is 31.0. The van der Waals surface area contributed by atoms with Crippen LogP contribution in [0.3, 0.4) is 0 Å². The van der Waals surface area contributed by atoms with Crippen molar-refractivity contribution in [1.29, 1.82) is 0 Å². The maximum Gasteiger partial charge on any atom is 0.255 e. The number of amides is 2. The van der Waals surface area contributed by atoms with Crippen molar-refractivity contribution in [2.45, 2.75) is 19.4 Å². The Morgan fingerprint density at radius 1 is 1.19 bits per heavy atom. The summed E-state index contributed by atoms with van der Waals surface area (Å²) in [5, 5.41) is 12.7. The van der Waals surface area contributed by atoms with Gasteiger partial charge < -0.3 is 20.9 Å². The number of anilines is 1. The van der Waals surface area contributed by atoms with Crippen molar-refractivity contribution < 1.29 is 18.4 Å². The van der Waals surface area contributed by atoms with Crippen molar-refractivity contribution in [3.63, 3.8) is 0 Å². The minimum Gasteiger partial charge on any atom is -0.369 e. The van der Waals surface area contributed by atoms with E-state index in [1.165, 1.54) is 23.0 Å². The Morgan fingerprint density at radius 2 is 1.97 bits per heavy atom. The second-order valence-electron chi connectivity index (χ2n) is 8.84. The molecular weight excluding hydrogens is 468 g/mol. The third-order valence-corrected chi connectivity index (χ3v) is 5.23. The molecule has 0 aliphatic carbocycles. The van der Waals surface area contributed by atoms with Crippen LogP contribution in [0.4, 0.5) is 14.6 Å². The highest BCUT2D eigenvalue weighted by atomic mass is 19.1. The number of benzene rings is 1. The molecule has 2 heterocycles. The van der Waals surface area contributed by atoms with Crippen LogP contribution in [-0.4, -0.2) is 71.3 Å². The lowest BCUT2D eigenvalue weighted by atomic mass is 10.1. The first kappa shape index (κ1) is 26.7. The van der Waals surface area contributed by atoms with Gasteiger partial charge in [0.2, 0.25) is 5.91 Å². The molecule has 0 bridgehead atoms. The second kappa shape index (κ2) is 12.2. The molecule has 0 spiro atoms. The van der Waals surface area contributed by atoms with Crippen LogP contribution in [0.15, 0.2) is 42.7 Å². The zero-order valence-electron chi connectivity index (χ0n) is 20.8. The fourth-order valence-electron chi connectivity index (χ4n) is 3.56. The molecule has 0 unspecified atom stereocenters. The quantitative estimate of drug-likeness (QED) is 0.374. The van der Waals surface area contributed by atoms with Gasteiger partial charge in [-0.15, -0.1) is 0 Å². The molecular formula is C25H31F2N7O2. The molecule has 9 nitrogen and oxygen atoms in total. The normalized spacial score (nSPS) is 11.9. The average Bonchev–Trinajstić information content (AvgIpc) is 3.23. The van der Waals surface area contributed by atoms with Crippen molar-refractivity contribution >= 4 is 17.6 Å². The van der Waals surface area contributed by atoms with E-state index in [0.29, 0.717) is 18.5 Å². The van der Waals surface area contributed by atoms with Crippen LogP contribution in [0.5, 0.6) is 0 Å². The second-order valence-corrected chi connectivity index (χ2v) is 8.84. The van der Waals surface area contributed by atoms with Crippen LogP contribution in [0.2, 0.25) is 0 Å². The van der Waals surface area contributed by atoms with Gasteiger partial charge in [0.15, 0.2) is 5.82 Å². The van der Waals surface area contributed by atoms with Gasteiger partial charge in [0, 0.05) is 37.9 Å². The molecule has 36 heavy (non-hydrogen) atoms. The molecule has 2 aromatic heterocycles. The van der Waals surface area contributed by atoms with Crippen molar-refractivity contribution in [2.75, 3.05) is 39.0 Å². The van der Waals surface area contributed by atoms with Crippen LogP contribution < -0.4 is 16.0 Å². The number of halogens is 2. The summed E-state index contributed by atoms with van der Waals surface area (Å²) < 4.78 is 30.0. The molecule has 192 valence electrons. The molecule has 0 saturated carbocycles. The maximum absolute atomic E-state index is 15.0. The largest absolute Gasteiger partial charge is 0.369 e. The van der Waals surface area contributed by atoms with Gasteiger partial charge in [0.05, 0.1) is 18.3 Å². The molecule has 11 heteroatoms. The predicted octanol–water partition coefficient (Wildman–Crippen LogP) is 2.21. The summed E-state index contributed by atoms with van der Waals surface area (Å²) in [5.74, 6) is -1.53. The lowest BCUT2D eigenvalue weighted by molar-refractivity contribution is -0.122. The molecule has 0 aliphatic rings. The Balaban J connectivity index is 1.76. The molecule has 3 aromatic rings. The number of aryl methyl sites for hydroxylation is 1. The highest BCUT2D eigenvalue weighted by Gasteiger charge is 2.20. The van der Waals surface area contributed by atoms with E-state index in [-0.39, 0.29) is 47.9 Å². The van der Waals surface area contributed by atoms with Gasteiger partial charge in [0.25, 0.3) is 5.91 Å². The number of aromatic nitrogens is 3. The molecule has 3 rings (SSSR count). The lowest BCUT2D eigenvalue weighted by Gasteiger charge is -2.18. The van der Waals surface area contributed by atoms with Crippen LogP contribution in [0.25, 0.3) is 11.3 Å². The van der Waals surface area contributed by atoms with E-state index in [9.17, 15) is 18.4 Å². The standard InChI is InChI=1S/C25H31F2N7O2/c1-16(31-22(35)15-33(2)3)12-29-25(36)20-11-21(27)23(18-13-30-34(4)14-18)32-24(20)28-9-8-17-6-5-7-19(26)10-17/h5-7,10-11,13-14,16H,8-9,12,15H2,1-4H3,(H,28,32)(H,29,36)(H,31,35)/t16-/m1/s1. The molecule has 0 radical (unpaired) electrons. The molecule has 0 aliphatic heterocycles. The molecule has 0 fully saturated rings. The Kier molecular flexibility index (Phi) is 9.07. The fourth-order valence-corrected chi connectivity index (χ4v) is 3.56. The molecule has 1 atom stereocenters. The zero-order chi connectivity index (χ0) is 26.2. The minimum atomic E-state index is -0.670. The van der Waals surface area contributed by atoms with Crippen LogP contribution in [0, 0.1) is 11.6 Å². The maximum atomic E-state index is 15.0. The summed E-state index contributed by atoms with van der Waals surface area (Å²) in [5.41, 5.74) is 1.31. The third kappa shape index (κ3) is 7.57. The fraction of sp³-hybridized carbons (Fsp3) is 0.360. The summed E-state index contributed by atoms with van der Waals surface area (Å²) in [6.45, 7) is 2.47. The van der Waals surface area contributed by atoms with Crippen LogP contribution in [-0.2, 0) is 18.3 Å². The highest BCUT2D eigenvalue weighted by molar-refractivity contribution is 5.99. The Labute approximate surface area is 208 Å². The molecule has 1 aromatic carbocycles. The molecule has 3 N–H and O–H groups in total. The van der Waals surface area contributed by atoms with E-state index < -0.39 is 11.7 Å². The minimum absolute atomic E-state index is 0.0196. The van der Waals surface area contributed by atoms with E-state index >= 15 is 0 Å². The predicted molar refractivity (Wildman–Crippen MR) is 133 cm³/mol. The van der Waals surface area contributed by atoms with Gasteiger partial charge in [-0.2, -0.15) is 5.10 Å². The zero-order valence-corrected chi connectivity index (χ0v) is 20.8. The SMILES string of the molecule is C[C@H](CNC(=O)c1cc(F)c(-c2cnn(C)c2)nc1NCCc1cccc(F)c1)NC(=O)CN(C)C. The Hall–Kier alpha value is -3.86. The van der Waals surface area contributed by atoms with Gasteiger partial charge >= 0.3 is 0 Å². The number of rotatable bonds is 11. The van der Waals surface area contributed by atoms with Crippen molar-refractivity contribution in [3.8, 4) is 11.3 Å². The third-order valence-electron chi connectivity index (χ3n) is 5.23. The van der Waals surface area contributed by atoms with E-state index in [0.717, 1.165) is 11.6 Å². The van der Waals surface area contributed by atoms with Crippen LogP contribution in [0.1, 0.15) is 22.8 Å². The van der Waals surface area contributed by atoms with Crippen molar-refractivity contribution in [1.82, 2.24) is 30.3 Å². The van der Waals surface area contributed by atoms with Crippen molar-refractivity contribution in [3.05, 3.63) is 65.5 Å². The van der Waals surface area contributed by atoms with Gasteiger partial charge in [-0.05, 0) is 51.2 Å². The van der Waals surface area contributed by atoms with Gasteiger partial charge in [-0.25, -0.2) is 13.8 Å². The van der Waals surface area contributed by atoms with E-state index in [1.54, 1.807) is 51.3 Å². The number of pyridine rings is 1. The average molecular weight is 500 g/mol. The topological polar surface area (TPSA) is 104 Å². The highest BCUT2D eigenvalue weighted by Crippen LogP contribution is 2.25. The van der Waals surface area contributed by atoms with Gasteiger partial charge in [-0.1, -0.05) is 12.1 Å². The first-order valence-corrected chi connectivity index (χ1v) is 11.5. The number of nitrogens with one attached hydrogen (secondary N) is 3. The number of carbonyl (C=O) groups is 2. The number of nitrogens with zero attached hydrogens (tertiary/aromatic N) is 4. The first-order chi connectivity index (χ1) is 17.1. The Bertz CT molecular complexity index is 1210. The summed E-state index contributed by atoms with van der Waals surface area (Å²) in [6, 6.07) is 7.01. The molecule has 0 saturated heterocycles. The van der Waals surface area contributed by atoms with E-state index in [1.807, 2.05) is 0 Å². The first-order valence-electron chi connectivity index (χ1n) is 11.5. The number of hydrogen-bond donors (Lipinski definition) is 3. The number of carbonyl (C=O) groups excluding carboxylic acids is 2. The van der Waals surface area contributed by atoms with Gasteiger partial charge in [-0.3, -0.25) is 14.3 Å². The monoisotopic (exact) mass is 499 g/mol. The smallest absolute Gasteiger partial charge is 0.255 e. The summed E-state index contributed by atoms with van der Waals surface area (Å²) >= 11 is 0. The number of likely N-dealkylation sites (N-methyl/N-ethyl adjacent to an activating group) is 1. The summed E-state index contributed by atoms with van der Waals surface area (Å²) in [6.07, 6.45) is 3.58. The van der Waals surface area contributed by atoms with E-state index in [4.69, 9.17) is 0 Å².